The van der Waals surface area contributed by atoms with Gasteiger partial charge in [-0.3, -0.25) is 19.2 Å². The predicted molar refractivity (Wildman–Crippen MR) is 296 cm³/mol. The Labute approximate surface area is 451 Å². The van der Waals surface area contributed by atoms with Crippen molar-refractivity contribution in [3.8, 4) is 5.75 Å². The second-order valence-corrected chi connectivity index (χ2v) is 24.4. The zero-order chi connectivity index (χ0) is 54.3. The molecule has 15 nitrogen and oxygen atoms in total. The number of anilines is 1. The smallest absolute Gasteiger partial charge is 0.514 e. The lowest BCUT2D eigenvalue weighted by molar-refractivity contribution is -0.715. The van der Waals surface area contributed by atoms with Gasteiger partial charge in [-0.15, -0.1) is 0 Å². The Balaban J connectivity index is 0.882. The molecule has 75 heavy (non-hydrogen) atoms. The van der Waals surface area contributed by atoms with Crippen LogP contribution in [0.4, 0.5) is 16.2 Å². The Kier molecular flexibility index (Phi) is 22.5. The minimum absolute atomic E-state index is 0.0191. The molecule has 10 atom stereocenters. The van der Waals surface area contributed by atoms with Crippen molar-refractivity contribution in [2.24, 2.45) is 52.3 Å². The molecule has 0 heterocycles. The highest BCUT2D eigenvalue weighted by Crippen LogP contribution is 2.67. The molecule has 0 saturated heterocycles. The average Bonchev–Trinajstić information content (AvgIpc) is 3.73. The first-order valence-corrected chi connectivity index (χ1v) is 29.4. The lowest BCUT2D eigenvalue weighted by atomic mass is 9.47. The number of nitrogens with one attached hydrogen (secondary N) is 5. The molecule has 5 N–H and O–H groups in total. The van der Waals surface area contributed by atoms with E-state index in [0.29, 0.717) is 54.8 Å². The maximum Gasteiger partial charge on any atom is 0.514 e. The number of hydrogen-bond acceptors (Lipinski definition) is 11. The van der Waals surface area contributed by atoms with E-state index in [1.165, 1.54) is 93.8 Å². The number of rotatable bonds is 27. The molecule has 2 aromatic carbocycles. The van der Waals surface area contributed by atoms with Gasteiger partial charge in [0, 0.05) is 43.8 Å². The van der Waals surface area contributed by atoms with Crippen molar-refractivity contribution in [2.45, 2.75) is 176 Å². The van der Waals surface area contributed by atoms with Gasteiger partial charge in [0.1, 0.15) is 30.1 Å². The normalized spacial score (nSPS) is 25.2. The lowest BCUT2D eigenvalue weighted by Gasteiger charge is -2.58. The van der Waals surface area contributed by atoms with Crippen LogP contribution < -0.4 is 31.2 Å². The summed E-state index contributed by atoms with van der Waals surface area (Å²) in [6, 6.07) is 9.91. The van der Waals surface area contributed by atoms with Crippen LogP contribution in [-0.2, 0) is 35.3 Å². The SMILES string of the molecule is CSCC[C@H](NC(=O)[C@H](CC(C)C)NC(=O)CCC(=O)NCCCO[C@H]1CC[C@@]2(C)C(=CCC3[C@@H]4CC[C@H]([C@H](C)CCCC(C)C)[C@@]4(C)CC[C@@H]32)C1)C(=O)Nc1ccc(COC(=O)Oc2ccc([NH+]([O-])[O-])cc2)cc1. The van der Waals surface area contributed by atoms with Crippen molar-refractivity contribution in [1.82, 2.24) is 16.0 Å². The van der Waals surface area contributed by atoms with E-state index in [2.05, 4.69) is 62.0 Å². The van der Waals surface area contributed by atoms with Gasteiger partial charge in [0.25, 0.3) is 0 Å². The Morgan fingerprint density at radius 2 is 1.52 bits per heavy atom. The van der Waals surface area contributed by atoms with Crippen LogP contribution in [0.5, 0.6) is 5.75 Å². The Hall–Kier alpha value is -4.48. The largest absolute Gasteiger partial charge is 0.628 e. The minimum Gasteiger partial charge on any atom is -0.628 e. The number of carbonyl (C=O) groups is 5. The summed E-state index contributed by atoms with van der Waals surface area (Å²) in [7, 11) is 0. The number of thioether (sulfide) groups is 1. The summed E-state index contributed by atoms with van der Waals surface area (Å²) in [4.78, 5) is 65.4. The van der Waals surface area contributed by atoms with Crippen molar-refractivity contribution < 1.29 is 43.4 Å². The Morgan fingerprint density at radius 1 is 0.787 bits per heavy atom. The van der Waals surface area contributed by atoms with Gasteiger partial charge in [-0.1, -0.05) is 91.5 Å². The van der Waals surface area contributed by atoms with E-state index in [4.69, 9.17) is 14.2 Å². The standard InChI is InChI=1S/C59H88N5O10S/c1-38(2)11-9-12-40(5)48-23-24-49-47-22-15-42-36-46(27-30-58(42,6)50(47)28-31-59(48,49)7)72-33-10-32-60-53(65)25-26-54(66)62-52(35-39(3)4)56(68)63-51(29-34-75-8)55(67)61-43-16-13-41(14-17-43)37-73-57(69)74-45-20-18-44(19-21-45)64(70)71/h13-21,38-40,46-52,64H,9-12,22-37H2,1-8H3,(H,60,65)(H,61,67)(H,62,66)(H,63,68)/q-1/t40-,46+,47?,48-,49+,50+,51+,52+,58+,59-/m1/s1. The van der Waals surface area contributed by atoms with Gasteiger partial charge in [0.15, 0.2) is 0 Å². The summed E-state index contributed by atoms with van der Waals surface area (Å²) in [6.07, 6.45) is 19.2. The number of carbonyl (C=O) groups excluding carboxylic acids is 5. The highest BCUT2D eigenvalue weighted by molar-refractivity contribution is 7.98. The molecular formula is C59H88N5O10S-. The second kappa shape index (κ2) is 28.2. The molecule has 3 saturated carbocycles. The molecule has 416 valence electrons. The van der Waals surface area contributed by atoms with E-state index in [1.54, 1.807) is 29.8 Å². The highest BCUT2D eigenvalue weighted by Gasteiger charge is 2.59. The van der Waals surface area contributed by atoms with Gasteiger partial charge in [-0.05, 0) is 165 Å². The lowest BCUT2D eigenvalue weighted by Crippen LogP contribution is -2.96. The maximum absolute atomic E-state index is 13.7. The number of allylic oxidation sites excluding steroid dienone is 1. The predicted octanol–water partition coefficient (Wildman–Crippen LogP) is 10.3. The molecule has 3 fully saturated rings. The van der Waals surface area contributed by atoms with Crippen LogP contribution in [0.1, 0.15) is 157 Å². The molecule has 0 aliphatic heterocycles. The van der Waals surface area contributed by atoms with Gasteiger partial charge in [-0.2, -0.15) is 11.8 Å². The maximum atomic E-state index is 13.7. The molecule has 2 aromatic rings. The number of fused-ring (bicyclic) bond motifs is 5. The van der Waals surface area contributed by atoms with Crippen LogP contribution >= 0.6 is 11.8 Å². The molecule has 6 rings (SSSR count). The van der Waals surface area contributed by atoms with Crippen LogP contribution in [0, 0.1) is 62.7 Å². The number of hydrogen-bond donors (Lipinski definition) is 5. The van der Waals surface area contributed by atoms with E-state index in [9.17, 15) is 34.4 Å². The van der Waals surface area contributed by atoms with E-state index in [1.807, 2.05) is 20.1 Å². The molecule has 0 radical (unpaired) electrons. The third-order valence-electron chi connectivity index (χ3n) is 17.3. The summed E-state index contributed by atoms with van der Waals surface area (Å²) < 4.78 is 16.7. The number of ether oxygens (including phenoxy) is 3. The van der Waals surface area contributed by atoms with Gasteiger partial charge in [-0.25, -0.2) is 4.79 Å². The first-order valence-electron chi connectivity index (χ1n) is 28.0. The molecule has 4 aliphatic rings. The van der Waals surface area contributed by atoms with E-state index in [0.717, 1.165) is 48.3 Å². The molecule has 0 bridgehead atoms. The second-order valence-electron chi connectivity index (χ2n) is 23.5. The van der Waals surface area contributed by atoms with Crippen LogP contribution in [0.25, 0.3) is 0 Å². The Morgan fingerprint density at radius 3 is 2.21 bits per heavy atom. The summed E-state index contributed by atoms with van der Waals surface area (Å²) in [5, 5.41) is 32.0. The van der Waals surface area contributed by atoms with Crippen LogP contribution in [-0.4, -0.2) is 73.1 Å². The van der Waals surface area contributed by atoms with Gasteiger partial charge < -0.3 is 51.1 Å². The highest BCUT2D eigenvalue weighted by atomic mass is 32.2. The fourth-order valence-electron chi connectivity index (χ4n) is 13.2. The molecule has 0 aromatic heterocycles. The first kappa shape index (κ1) is 59.8. The third kappa shape index (κ3) is 16.8. The molecule has 16 heteroatoms. The number of benzene rings is 2. The summed E-state index contributed by atoms with van der Waals surface area (Å²) in [5.41, 5.74) is 3.39. The number of amides is 4. The molecule has 0 spiro atoms. The van der Waals surface area contributed by atoms with Gasteiger partial charge in [0.05, 0.1) is 6.10 Å². The van der Waals surface area contributed by atoms with Crippen LogP contribution in [0.2, 0.25) is 0 Å². The van der Waals surface area contributed by atoms with Crippen molar-refractivity contribution in [2.75, 3.05) is 30.5 Å². The van der Waals surface area contributed by atoms with E-state index < -0.39 is 41.2 Å². The van der Waals surface area contributed by atoms with Crippen LogP contribution in [0.3, 0.4) is 0 Å². The quantitative estimate of drug-likeness (QED) is 0.0187. The van der Waals surface area contributed by atoms with Gasteiger partial charge in [0.2, 0.25) is 23.6 Å². The first-order chi connectivity index (χ1) is 35.8. The van der Waals surface area contributed by atoms with Crippen molar-refractivity contribution >= 4 is 52.9 Å². The average molecular weight is 1060 g/mol. The third-order valence-corrected chi connectivity index (χ3v) is 18.0. The monoisotopic (exact) mass is 1060 g/mol. The van der Waals surface area contributed by atoms with Crippen molar-refractivity contribution in [3.05, 3.63) is 76.2 Å². The zero-order valence-corrected chi connectivity index (χ0v) is 46.9. The minimum atomic E-state index is -1.35. The summed E-state index contributed by atoms with van der Waals surface area (Å²) >= 11 is 1.53. The van der Waals surface area contributed by atoms with E-state index >= 15 is 0 Å². The number of quaternary nitrogens is 1. The van der Waals surface area contributed by atoms with Crippen molar-refractivity contribution in [1.29, 1.82) is 0 Å². The molecule has 4 amide bonds. The fourth-order valence-corrected chi connectivity index (χ4v) is 13.7. The molecular weight excluding hydrogens is 971 g/mol. The van der Waals surface area contributed by atoms with Crippen molar-refractivity contribution in [3.63, 3.8) is 0 Å². The molecule has 4 aliphatic carbocycles. The van der Waals surface area contributed by atoms with Gasteiger partial charge >= 0.3 is 6.16 Å². The zero-order valence-electron chi connectivity index (χ0n) is 46.1. The topological polar surface area (TPSA) is 212 Å². The Bertz CT molecular complexity index is 2220. The summed E-state index contributed by atoms with van der Waals surface area (Å²) in [6.45, 7) is 17.3. The molecule has 1 unspecified atom stereocenters. The van der Waals surface area contributed by atoms with E-state index in [-0.39, 0.29) is 54.2 Å². The fraction of sp³-hybridized carbons (Fsp3) is 0.678. The van der Waals surface area contributed by atoms with Crippen LogP contribution in [0.15, 0.2) is 60.2 Å². The summed E-state index contributed by atoms with van der Waals surface area (Å²) in [5.74, 6) is 4.09.